The van der Waals surface area contributed by atoms with Crippen molar-refractivity contribution in [1.82, 2.24) is 15.1 Å². The summed E-state index contributed by atoms with van der Waals surface area (Å²) in [5, 5.41) is 7.15. The molecular weight excluding hydrogens is 218 g/mol. The molecule has 1 aromatic heterocycles. The van der Waals surface area contributed by atoms with E-state index >= 15 is 0 Å². The zero-order chi connectivity index (χ0) is 12.4. The predicted octanol–water partition coefficient (Wildman–Crippen LogP) is 1.15. The Morgan fingerprint density at radius 2 is 2.47 bits per heavy atom. The van der Waals surface area contributed by atoms with Gasteiger partial charge in [0.1, 0.15) is 0 Å². The first-order valence-electron chi connectivity index (χ1n) is 6.01. The normalized spacial score (nSPS) is 18.7. The number of ether oxygens (including phenoxy) is 1. The molecule has 5 heteroatoms. The van der Waals surface area contributed by atoms with Crippen molar-refractivity contribution in [3.8, 4) is 5.88 Å². The van der Waals surface area contributed by atoms with Gasteiger partial charge in [0.25, 0.3) is 0 Å². The standard InChI is InChI=1S/C12H19N3O2/c1-8(2)11-5-14-15-6-10(4-13-9(3)16)7-17-12(11)15/h5,8,10H,4,6-7H2,1-3H3,(H,13,16)/t10-/m0/s1. The molecule has 0 bridgehead atoms. The Balaban J connectivity index is 2.02. The first-order valence-corrected chi connectivity index (χ1v) is 6.01. The van der Waals surface area contributed by atoms with E-state index in [1.54, 1.807) is 0 Å². The number of fused-ring (bicyclic) bond motifs is 1. The summed E-state index contributed by atoms with van der Waals surface area (Å²) in [5.41, 5.74) is 1.16. The van der Waals surface area contributed by atoms with Crippen molar-refractivity contribution in [1.29, 1.82) is 0 Å². The molecular formula is C12H19N3O2. The zero-order valence-electron chi connectivity index (χ0n) is 10.6. The molecule has 2 heterocycles. The SMILES string of the molecule is CC(=O)NC[C@@H]1COc2c(C(C)C)cnn2C1. The smallest absolute Gasteiger partial charge is 0.216 e. The number of nitrogens with one attached hydrogen (secondary N) is 1. The maximum absolute atomic E-state index is 10.9. The topological polar surface area (TPSA) is 56.1 Å². The summed E-state index contributed by atoms with van der Waals surface area (Å²) in [6.07, 6.45) is 1.88. The summed E-state index contributed by atoms with van der Waals surface area (Å²) < 4.78 is 7.64. The molecule has 0 spiro atoms. The number of carbonyl (C=O) groups excluding carboxylic acids is 1. The summed E-state index contributed by atoms with van der Waals surface area (Å²) in [5.74, 6) is 1.61. The summed E-state index contributed by atoms with van der Waals surface area (Å²) in [6.45, 7) is 7.88. The Morgan fingerprint density at radius 1 is 1.71 bits per heavy atom. The third kappa shape index (κ3) is 2.60. The van der Waals surface area contributed by atoms with Gasteiger partial charge in [-0.25, -0.2) is 4.68 Å². The number of amides is 1. The van der Waals surface area contributed by atoms with Crippen molar-refractivity contribution >= 4 is 5.91 Å². The van der Waals surface area contributed by atoms with Gasteiger partial charge < -0.3 is 10.1 Å². The summed E-state index contributed by atoms with van der Waals surface area (Å²) in [4.78, 5) is 10.9. The molecule has 0 radical (unpaired) electrons. The van der Waals surface area contributed by atoms with E-state index in [1.165, 1.54) is 6.92 Å². The van der Waals surface area contributed by atoms with Gasteiger partial charge in [-0.15, -0.1) is 0 Å². The Morgan fingerprint density at radius 3 is 3.12 bits per heavy atom. The minimum Gasteiger partial charge on any atom is -0.477 e. The van der Waals surface area contributed by atoms with Crippen LogP contribution in [0.4, 0.5) is 0 Å². The lowest BCUT2D eigenvalue weighted by Gasteiger charge is -2.25. The third-order valence-electron chi connectivity index (χ3n) is 2.97. The lowest BCUT2D eigenvalue weighted by Crippen LogP contribution is -2.36. The average Bonchev–Trinajstić information content (AvgIpc) is 2.69. The fourth-order valence-corrected chi connectivity index (χ4v) is 1.98. The first kappa shape index (κ1) is 12.0. The van der Waals surface area contributed by atoms with E-state index in [9.17, 15) is 4.79 Å². The van der Waals surface area contributed by atoms with Crippen LogP contribution >= 0.6 is 0 Å². The van der Waals surface area contributed by atoms with Crippen molar-refractivity contribution in [3.05, 3.63) is 11.8 Å². The van der Waals surface area contributed by atoms with Crippen molar-refractivity contribution in [2.75, 3.05) is 13.2 Å². The molecule has 94 valence electrons. The van der Waals surface area contributed by atoms with E-state index in [4.69, 9.17) is 4.74 Å². The molecule has 0 unspecified atom stereocenters. The molecule has 1 aromatic rings. The van der Waals surface area contributed by atoms with Crippen molar-refractivity contribution in [2.45, 2.75) is 33.2 Å². The highest BCUT2D eigenvalue weighted by molar-refractivity contribution is 5.72. The number of hydrogen-bond donors (Lipinski definition) is 1. The second-order valence-corrected chi connectivity index (χ2v) is 4.86. The van der Waals surface area contributed by atoms with Crippen molar-refractivity contribution < 1.29 is 9.53 Å². The lowest BCUT2D eigenvalue weighted by atomic mass is 10.1. The Hall–Kier alpha value is -1.52. The number of hydrogen-bond acceptors (Lipinski definition) is 3. The Labute approximate surface area is 101 Å². The second-order valence-electron chi connectivity index (χ2n) is 4.86. The highest BCUT2D eigenvalue weighted by Crippen LogP contribution is 2.29. The fraction of sp³-hybridized carbons (Fsp3) is 0.667. The molecule has 0 fully saturated rings. The van der Waals surface area contributed by atoms with Gasteiger partial charge in [0.2, 0.25) is 11.8 Å². The predicted molar refractivity (Wildman–Crippen MR) is 64.0 cm³/mol. The summed E-state index contributed by atoms with van der Waals surface area (Å²) in [6, 6.07) is 0. The van der Waals surface area contributed by atoms with Gasteiger partial charge in [-0.1, -0.05) is 13.8 Å². The quantitative estimate of drug-likeness (QED) is 0.858. The number of nitrogens with zero attached hydrogens (tertiary/aromatic N) is 2. The summed E-state index contributed by atoms with van der Waals surface area (Å²) >= 11 is 0. The minimum absolute atomic E-state index is 0.000804. The van der Waals surface area contributed by atoms with E-state index in [2.05, 4.69) is 24.3 Å². The molecule has 17 heavy (non-hydrogen) atoms. The third-order valence-corrected chi connectivity index (χ3v) is 2.97. The van der Waals surface area contributed by atoms with E-state index in [1.807, 2.05) is 10.9 Å². The average molecular weight is 237 g/mol. The number of aromatic nitrogens is 2. The van der Waals surface area contributed by atoms with Crippen LogP contribution < -0.4 is 10.1 Å². The molecule has 2 rings (SSSR count). The number of rotatable bonds is 3. The van der Waals surface area contributed by atoms with Gasteiger partial charge in [-0.2, -0.15) is 5.10 Å². The van der Waals surface area contributed by atoms with Crippen molar-refractivity contribution in [3.63, 3.8) is 0 Å². The monoisotopic (exact) mass is 237 g/mol. The van der Waals surface area contributed by atoms with Gasteiger partial charge in [0, 0.05) is 24.9 Å². The second kappa shape index (κ2) is 4.77. The lowest BCUT2D eigenvalue weighted by molar-refractivity contribution is -0.119. The van der Waals surface area contributed by atoms with Crippen LogP contribution in [-0.4, -0.2) is 28.8 Å². The van der Waals surface area contributed by atoms with E-state index in [-0.39, 0.29) is 5.91 Å². The van der Waals surface area contributed by atoms with Crippen LogP contribution in [-0.2, 0) is 11.3 Å². The van der Waals surface area contributed by atoms with Crippen LogP contribution in [0.2, 0.25) is 0 Å². The zero-order valence-corrected chi connectivity index (χ0v) is 10.6. The fourth-order valence-electron chi connectivity index (χ4n) is 1.98. The highest BCUT2D eigenvalue weighted by Gasteiger charge is 2.24. The van der Waals surface area contributed by atoms with Gasteiger partial charge >= 0.3 is 0 Å². The maximum Gasteiger partial charge on any atom is 0.216 e. The molecule has 1 atom stereocenters. The molecule has 0 aromatic carbocycles. The van der Waals surface area contributed by atoms with Crippen molar-refractivity contribution in [2.24, 2.45) is 5.92 Å². The molecule has 1 aliphatic rings. The molecule has 0 saturated heterocycles. The molecule has 5 nitrogen and oxygen atoms in total. The van der Waals surface area contributed by atoms with Crippen LogP contribution in [0.5, 0.6) is 5.88 Å². The summed E-state index contributed by atoms with van der Waals surface area (Å²) in [7, 11) is 0. The number of carbonyl (C=O) groups is 1. The van der Waals surface area contributed by atoms with Crippen LogP contribution in [0, 0.1) is 5.92 Å². The van der Waals surface area contributed by atoms with Crippen LogP contribution in [0.25, 0.3) is 0 Å². The first-order chi connectivity index (χ1) is 8.08. The molecule has 1 aliphatic heterocycles. The maximum atomic E-state index is 10.9. The van der Waals surface area contributed by atoms with Crippen LogP contribution in [0.15, 0.2) is 6.20 Å². The molecule has 1 amide bonds. The Bertz CT molecular complexity index is 412. The molecule has 0 saturated carbocycles. The van der Waals surface area contributed by atoms with Crippen LogP contribution in [0.1, 0.15) is 32.3 Å². The van der Waals surface area contributed by atoms with Gasteiger partial charge in [0.05, 0.1) is 19.3 Å². The van der Waals surface area contributed by atoms with Gasteiger partial charge in [-0.05, 0) is 5.92 Å². The van der Waals surface area contributed by atoms with Gasteiger partial charge in [0.15, 0.2) is 0 Å². The van der Waals surface area contributed by atoms with E-state index in [0.717, 1.165) is 18.0 Å². The largest absolute Gasteiger partial charge is 0.477 e. The highest BCUT2D eigenvalue weighted by atomic mass is 16.5. The molecule has 1 N–H and O–H groups in total. The van der Waals surface area contributed by atoms with Crippen LogP contribution in [0.3, 0.4) is 0 Å². The van der Waals surface area contributed by atoms with E-state index in [0.29, 0.717) is 25.0 Å². The minimum atomic E-state index is -0.000804. The van der Waals surface area contributed by atoms with E-state index < -0.39 is 0 Å². The van der Waals surface area contributed by atoms with Gasteiger partial charge in [-0.3, -0.25) is 4.79 Å². The molecule has 0 aliphatic carbocycles. The Kier molecular flexibility index (Phi) is 3.36.